The van der Waals surface area contributed by atoms with Crippen molar-refractivity contribution in [3.05, 3.63) is 34.9 Å². The third kappa shape index (κ3) is 5.38. The molecule has 1 aromatic rings. The quantitative estimate of drug-likeness (QED) is 0.813. The van der Waals surface area contributed by atoms with E-state index in [9.17, 15) is 9.59 Å². The minimum atomic E-state index is -0.483. The lowest BCUT2D eigenvalue weighted by atomic mass is 10.2. The summed E-state index contributed by atoms with van der Waals surface area (Å²) in [6, 6.07) is 6.59. The van der Waals surface area contributed by atoms with Crippen molar-refractivity contribution in [2.24, 2.45) is 5.73 Å². The summed E-state index contributed by atoms with van der Waals surface area (Å²) in [7, 11) is 1.80. The van der Waals surface area contributed by atoms with Crippen LogP contribution in [0.15, 0.2) is 24.3 Å². The fraction of sp³-hybridized carbons (Fsp3) is 0.385. The molecule has 0 bridgehead atoms. The number of halogens is 1. The molecule has 0 aliphatic heterocycles. The highest BCUT2D eigenvalue weighted by Gasteiger charge is 2.14. The van der Waals surface area contributed by atoms with Crippen molar-refractivity contribution >= 4 is 23.4 Å². The van der Waals surface area contributed by atoms with Gasteiger partial charge in [-0.25, -0.2) is 0 Å². The topological polar surface area (TPSA) is 75.4 Å². The molecule has 1 aromatic carbocycles. The Morgan fingerprint density at radius 1 is 1.37 bits per heavy atom. The smallest absolute Gasteiger partial charge is 0.259 e. The number of carbonyl (C=O) groups is 2. The second kappa shape index (κ2) is 7.89. The first-order valence-corrected chi connectivity index (χ1v) is 6.39. The maximum absolute atomic E-state index is 11.8. The van der Waals surface area contributed by atoms with Gasteiger partial charge in [0.25, 0.3) is 5.91 Å². The molecule has 0 heterocycles. The Morgan fingerprint density at radius 2 is 2.05 bits per heavy atom. The molecule has 6 heteroatoms. The molecule has 2 amide bonds. The van der Waals surface area contributed by atoms with Crippen LogP contribution in [-0.2, 0) is 4.79 Å². The van der Waals surface area contributed by atoms with E-state index in [1.54, 1.807) is 31.3 Å². The number of nitrogens with one attached hydrogen (secondary N) is 1. The van der Waals surface area contributed by atoms with Crippen LogP contribution < -0.4 is 11.1 Å². The van der Waals surface area contributed by atoms with Crippen LogP contribution in [0.2, 0.25) is 5.02 Å². The molecule has 0 atom stereocenters. The summed E-state index contributed by atoms with van der Waals surface area (Å²) < 4.78 is 0. The monoisotopic (exact) mass is 283 g/mol. The molecular weight excluding hydrogens is 266 g/mol. The van der Waals surface area contributed by atoms with Gasteiger partial charge in [0.15, 0.2) is 0 Å². The van der Waals surface area contributed by atoms with Crippen LogP contribution in [0.5, 0.6) is 0 Å². The highest BCUT2D eigenvalue weighted by atomic mass is 35.5. The SMILES string of the molecule is CN(CCCN)CC(=O)NC(=O)c1ccccc1Cl. The number of nitrogens with two attached hydrogens (primary N) is 1. The predicted molar refractivity (Wildman–Crippen MR) is 75.1 cm³/mol. The van der Waals surface area contributed by atoms with Gasteiger partial charge >= 0.3 is 0 Å². The van der Waals surface area contributed by atoms with E-state index >= 15 is 0 Å². The van der Waals surface area contributed by atoms with Crippen LogP contribution in [0, 0.1) is 0 Å². The molecule has 5 nitrogen and oxygen atoms in total. The van der Waals surface area contributed by atoms with Crippen molar-refractivity contribution in [3.8, 4) is 0 Å². The third-order valence-electron chi connectivity index (χ3n) is 2.53. The van der Waals surface area contributed by atoms with E-state index in [0.717, 1.165) is 6.42 Å². The summed E-state index contributed by atoms with van der Waals surface area (Å²) in [5.41, 5.74) is 5.68. The Hall–Kier alpha value is -1.43. The summed E-state index contributed by atoms with van der Waals surface area (Å²) in [5, 5.41) is 2.63. The van der Waals surface area contributed by atoms with E-state index < -0.39 is 5.91 Å². The molecule has 3 N–H and O–H groups in total. The second-order valence-corrected chi connectivity index (χ2v) is 4.64. The Morgan fingerprint density at radius 3 is 2.68 bits per heavy atom. The van der Waals surface area contributed by atoms with Gasteiger partial charge in [0, 0.05) is 0 Å². The van der Waals surface area contributed by atoms with E-state index in [4.69, 9.17) is 17.3 Å². The summed E-state index contributed by atoms with van der Waals surface area (Å²) >= 11 is 5.88. The first-order chi connectivity index (χ1) is 9.04. The Labute approximate surface area is 117 Å². The standard InChI is InChI=1S/C13H18ClN3O2/c1-17(8-4-7-15)9-12(18)16-13(19)10-5-2-3-6-11(10)14/h2-3,5-6H,4,7-9,15H2,1H3,(H,16,18,19). The molecule has 0 fully saturated rings. The molecule has 0 aromatic heterocycles. The fourth-order valence-corrected chi connectivity index (χ4v) is 1.79. The highest BCUT2D eigenvalue weighted by Crippen LogP contribution is 2.14. The first-order valence-electron chi connectivity index (χ1n) is 6.02. The van der Waals surface area contributed by atoms with Gasteiger partial charge in [0.2, 0.25) is 5.91 Å². The molecule has 0 radical (unpaired) electrons. The normalized spacial score (nSPS) is 10.5. The second-order valence-electron chi connectivity index (χ2n) is 4.24. The average molecular weight is 284 g/mol. The lowest BCUT2D eigenvalue weighted by molar-refractivity contribution is -0.121. The minimum absolute atomic E-state index is 0.149. The van der Waals surface area contributed by atoms with Crippen LogP contribution in [0.4, 0.5) is 0 Å². The molecular formula is C13H18ClN3O2. The van der Waals surface area contributed by atoms with Crippen molar-refractivity contribution in [3.63, 3.8) is 0 Å². The number of benzene rings is 1. The van der Waals surface area contributed by atoms with Gasteiger partial charge in [-0.05, 0) is 38.7 Å². The summed E-state index contributed by atoms with van der Waals surface area (Å²) in [6.07, 6.45) is 0.808. The highest BCUT2D eigenvalue weighted by molar-refractivity contribution is 6.34. The van der Waals surface area contributed by atoms with E-state index in [1.807, 2.05) is 4.90 Å². The summed E-state index contributed by atoms with van der Waals surface area (Å²) in [4.78, 5) is 25.3. The molecule has 0 saturated carbocycles. The maximum Gasteiger partial charge on any atom is 0.259 e. The van der Waals surface area contributed by atoms with Crippen molar-refractivity contribution in [2.75, 3.05) is 26.7 Å². The zero-order valence-electron chi connectivity index (χ0n) is 10.9. The maximum atomic E-state index is 11.8. The van der Waals surface area contributed by atoms with Gasteiger partial charge in [0.1, 0.15) is 0 Å². The number of rotatable bonds is 6. The lowest BCUT2D eigenvalue weighted by Gasteiger charge is -2.15. The van der Waals surface area contributed by atoms with E-state index in [1.165, 1.54) is 0 Å². The van der Waals surface area contributed by atoms with E-state index in [0.29, 0.717) is 23.7 Å². The molecule has 0 spiro atoms. The largest absolute Gasteiger partial charge is 0.330 e. The number of nitrogens with zero attached hydrogens (tertiary/aromatic N) is 1. The first kappa shape index (κ1) is 15.6. The molecule has 19 heavy (non-hydrogen) atoms. The number of likely N-dealkylation sites (N-methyl/N-ethyl adjacent to an activating group) is 1. The Kier molecular flexibility index (Phi) is 6.49. The van der Waals surface area contributed by atoms with Crippen LogP contribution >= 0.6 is 11.6 Å². The average Bonchev–Trinajstić information content (AvgIpc) is 2.36. The van der Waals surface area contributed by atoms with Crippen molar-refractivity contribution in [2.45, 2.75) is 6.42 Å². The van der Waals surface area contributed by atoms with Crippen LogP contribution in [-0.4, -0.2) is 43.4 Å². The van der Waals surface area contributed by atoms with Crippen LogP contribution in [0.25, 0.3) is 0 Å². The minimum Gasteiger partial charge on any atom is -0.330 e. The van der Waals surface area contributed by atoms with Crippen molar-refractivity contribution < 1.29 is 9.59 Å². The van der Waals surface area contributed by atoms with E-state index in [-0.39, 0.29) is 12.5 Å². The molecule has 0 unspecified atom stereocenters. The Balaban J connectivity index is 2.49. The van der Waals surface area contributed by atoms with Gasteiger partial charge in [-0.1, -0.05) is 23.7 Å². The van der Waals surface area contributed by atoms with Crippen LogP contribution in [0.1, 0.15) is 16.8 Å². The van der Waals surface area contributed by atoms with Gasteiger partial charge in [-0.3, -0.25) is 19.8 Å². The lowest BCUT2D eigenvalue weighted by Crippen LogP contribution is -2.39. The van der Waals surface area contributed by atoms with Gasteiger partial charge in [-0.2, -0.15) is 0 Å². The molecule has 0 aliphatic rings. The van der Waals surface area contributed by atoms with Gasteiger partial charge in [0.05, 0.1) is 17.1 Å². The Bertz CT molecular complexity index is 451. The number of carbonyl (C=O) groups excluding carboxylic acids is 2. The number of imide groups is 1. The molecule has 104 valence electrons. The van der Waals surface area contributed by atoms with Crippen molar-refractivity contribution in [1.29, 1.82) is 0 Å². The van der Waals surface area contributed by atoms with E-state index in [2.05, 4.69) is 5.32 Å². The molecule has 0 saturated heterocycles. The molecule has 1 rings (SSSR count). The zero-order valence-corrected chi connectivity index (χ0v) is 11.6. The fourth-order valence-electron chi connectivity index (χ4n) is 1.56. The van der Waals surface area contributed by atoms with Crippen molar-refractivity contribution in [1.82, 2.24) is 10.2 Å². The third-order valence-corrected chi connectivity index (χ3v) is 2.86. The summed E-state index contributed by atoms with van der Waals surface area (Å²) in [6.45, 7) is 1.44. The number of hydrogen-bond donors (Lipinski definition) is 2. The summed E-state index contributed by atoms with van der Waals surface area (Å²) in [5.74, 6) is -0.840. The van der Waals surface area contributed by atoms with Gasteiger partial charge in [-0.15, -0.1) is 0 Å². The van der Waals surface area contributed by atoms with Crippen LogP contribution in [0.3, 0.4) is 0 Å². The number of amides is 2. The zero-order chi connectivity index (χ0) is 14.3. The van der Waals surface area contributed by atoms with Gasteiger partial charge < -0.3 is 5.73 Å². The predicted octanol–water partition coefficient (Wildman–Crippen LogP) is 0.877. The number of hydrogen-bond acceptors (Lipinski definition) is 4. The molecule has 0 aliphatic carbocycles.